The van der Waals surface area contributed by atoms with E-state index in [0.717, 1.165) is 27.2 Å². The van der Waals surface area contributed by atoms with Crippen molar-refractivity contribution in [2.24, 2.45) is 0 Å². The smallest absolute Gasteiger partial charge is 0.137 e. The molecule has 21 heavy (non-hydrogen) atoms. The van der Waals surface area contributed by atoms with Gasteiger partial charge in [0, 0.05) is 10.8 Å². The molecule has 0 amide bonds. The second-order valence-corrected chi connectivity index (χ2v) is 6.70. The van der Waals surface area contributed by atoms with Gasteiger partial charge in [0.25, 0.3) is 0 Å². The van der Waals surface area contributed by atoms with Crippen LogP contribution < -0.4 is 0 Å². The summed E-state index contributed by atoms with van der Waals surface area (Å²) in [4.78, 5) is 10.3. The molecule has 1 aromatic carbocycles. The van der Waals surface area contributed by atoms with Gasteiger partial charge >= 0.3 is 0 Å². The van der Waals surface area contributed by atoms with E-state index in [2.05, 4.69) is 21.4 Å². The summed E-state index contributed by atoms with van der Waals surface area (Å²) in [5.41, 5.74) is 1.69. The largest absolute Gasteiger partial charge is 0.234 e. The first-order chi connectivity index (χ1) is 10.3. The number of thiophene rings is 1. The number of pyridine rings is 1. The lowest BCUT2D eigenvalue weighted by Crippen LogP contribution is -1.86. The summed E-state index contributed by atoms with van der Waals surface area (Å²) in [6, 6.07) is 14.1. The van der Waals surface area contributed by atoms with Gasteiger partial charge in [-0.2, -0.15) is 0 Å². The predicted octanol–water partition coefficient (Wildman–Crippen LogP) is 5.74. The molecule has 4 rings (SSSR count). The number of thiazole rings is 1. The van der Waals surface area contributed by atoms with Gasteiger partial charge in [0.05, 0.1) is 10.6 Å². The molecule has 102 valence electrons. The Balaban J connectivity index is 1.83. The molecule has 0 unspecified atom stereocenters. The van der Waals surface area contributed by atoms with Gasteiger partial charge < -0.3 is 0 Å². The van der Waals surface area contributed by atoms with Crippen molar-refractivity contribution in [3.8, 4) is 21.3 Å². The van der Waals surface area contributed by atoms with Crippen molar-refractivity contribution in [2.45, 2.75) is 0 Å². The highest BCUT2D eigenvalue weighted by molar-refractivity contribution is 7.20. The van der Waals surface area contributed by atoms with Crippen LogP contribution in [0, 0.1) is 0 Å². The van der Waals surface area contributed by atoms with Crippen LogP contribution in [-0.4, -0.2) is 9.97 Å². The van der Waals surface area contributed by atoms with Gasteiger partial charge in [-0.25, -0.2) is 9.97 Å². The highest BCUT2D eigenvalue weighted by Crippen LogP contribution is 2.33. The van der Waals surface area contributed by atoms with Crippen molar-refractivity contribution >= 4 is 45.0 Å². The number of fused-ring (bicyclic) bond motifs is 1. The number of hydrogen-bond donors (Lipinski definition) is 0. The molecule has 0 saturated carbocycles. The lowest BCUT2D eigenvalue weighted by Gasteiger charge is -2.02. The van der Waals surface area contributed by atoms with Crippen LogP contribution in [0.5, 0.6) is 0 Å². The molecule has 0 bridgehead atoms. The summed E-state index contributed by atoms with van der Waals surface area (Å²) in [5, 5.41) is 7.68. The third-order valence-electron chi connectivity index (χ3n) is 3.19. The van der Waals surface area contributed by atoms with Crippen LogP contribution >= 0.6 is 34.3 Å². The Kier molecular flexibility index (Phi) is 3.22. The van der Waals surface area contributed by atoms with Gasteiger partial charge in [-0.05, 0) is 22.9 Å². The number of aromatic nitrogens is 2. The predicted molar refractivity (Wildman–Crippen MR) is 91.2 cm³/mol. The molecule has 5 heteroatoms. The minimum Gasteiger partial charge on any atom is -0.234 e. The van der Waals surface area contributed by atoms with Crippen LogP contribution in [0.15, 0.2) is 53.2 Å². The van der Waals surface area contributed by atoms with Crippen LogP contribution in [0.25, 0.3) is 32.0 Å². The van der Waals surface area contributed by atoms with Gasteiger partial charge in [-0.1, -0.05) is 41.9 Å². The average Bonchev–Trinajstić information content (AvgIpc) is 3.18. The van der Waals surface area contributed by atoms with Gasteiger partial charge in [0.1, 0.15) is 15.9 Å². The van der Waals surface area contributed by atoms with E-state index >= 15 is 0 Å². The fourth-order valence-corrected chi connectivity index (χ4v) is 4.08. The Bertz CT molecular complexity index is 913. The van der Waals surface area contributed by atoms with Crippen molar-refractivity contribution in [1.29, 1.82) is 0 Å². The molecule has 2 nitrogen and oxygen atoms in total. The first-order valence-electron chi connectivity index (χ1n) is 6.36. The normalized spacial score (nSPS) is 11.1. The molecule has 4 aromatic rings. The maximum absolute atomic E-state index is 6.29. The monoisotopic (exact) mass is 328 g/mol. The molecule has 0 aliphatic rings. The number of nitrogens with zero attached hydrogens (tertiary/aromatic N) is 2. The van der Waals surface area contributed by atoms with E-state index in [0.29, 0.717) is 5.15 Å². The first kappa shape index (κ1) is 13.0. The van der Waals surface area contributed by atoms with Crippen molar-refractivity contribution in [3.63, 3.8) is 0 Å². The Hall–Kier alpha value is -1.75. The minimum absolute atomic E-state index is 0.522. The van der Waals surface area contributed by atoms with Gasteiger partial charge in [-0.15, -0.1) is 22.7 Å². The third kappa shape index (κ3) is 2.35. The SMILES string of the molecule is Clc1nc(-c2csc(-c3cccs3)n2)cc2ccccc12. The summed E-state index contributed by atoms with van der Waals surface area (Å²) in [5.74, 6) is 0. The molecule has 0 radical (unpaired) electrons. The highest BCUT2D eigenvalue weighted by Gasteiger charge is 2.11. The molecule has 0 aliphatic carbocycles. The quantitative estimate of drug-likeness (QED) is 0.438. The zero-order valence-electron chi connectivity index (χ0n) is 10.8. The van der Waals surface area contributed by atoms with Gasteiger partial charge in [-0.3, -0.25) is 0 Å². The number of benzene rings is 1. The van der Waals surface area contributed by atoms with Crippen molar-refractivity contribution < 1.29 is 0 Å². The fourth-order valence-electron chi connectivity index (χ4n) is 2.19. The summed E-state index contributed by atoms with van der Waals surface area (Å²) in [7, 11) is 0. The lowest BCUT2D eigenvalue weighted by molar-refractivity contribution is 1.30. The summed E-state index contributed by atoms with van der Waals surface area (Å²) < 4.78 is 0. The standard InChI is InChI=1S/C16H9ClN2S2/c17-15-11-5-2-1-4-10(11)8-12(18-15)13-9-21-16(19-13)14-6-3-7-20-14/h1-9H. The zero-order chi connectivity index (χ0) is 14.2. The van der Waals surface area contributed by atoms with E-state index in [1.54, 1.807) is 22.7 Å². The van der Waals surface area contributed by atoms with Crippen LogP contribution in [0.1, 0.15) is 0 Å². The second kappa shape index (κ2) is 5.22. The van der Waals surface area contributed by atoms with Crippen LogP contribution in [-0.2, 0) is 0 Å². The minimum atomic E-state index is 0.522. The Morgan fingerprint density at radius 1 is 0.905 bits per heavy atom. The summed E-state index contributed by atoms with van der Waals surface area (Å²) in [6.45, 7) is 0. The highest BCUT2D eigenvalue weighted by atomic mass is 35.5. The molecule has 0 saturated heterocycles. The molecule has 3 heterocycles. The van der Waals surface area contributed by atoms with E-state index < -0.39 is 0 Å². The third-order valence-corrected chi connectivity index (χ3v) is 5.36. The van der Waals surface area contributed by atoms with Crippen molar-refractivity contribution in [3.05, 3.63) is 58.4 Å². The fraction of sp³-hybridized carbons (Fsp3) is 0. The Morgan fingerprint density at radius 3 is 2.67 bits per heavy atom. The second-order valence-electron chi connectivity index (χ2n) is 4.53. The van der Waals surface area contributed by atoms with Crippen LogP contribution in [0.2, 0.25) is 5.15 Å². The van der Waals surface area contributed by atoms with E-state index in [-0.39, 0.29) is 0 Å². The summed E-state index contributed by atoms with van der Waals surface area (Å²) >= 11 is 9.61. The molecule has 0 fully saturated rings. The molecule has 0 N–H and O–H groups in total. The van der Waals surface area contributed by atoms with E-state index in [1.165, 1.54) is 4.88 Å². The summed E-state index contributed by atoms with van der Waals surface area (Å²) in [6.07, 6.45) is 0. The number of rotatable bonds is 2. The lowest BCUT2D eigenvalue weighted by atomic mass is 10.1. The molecule has 0 atom stereocenters. The van der Waals surface area contributed by atoms with Crippen molar-refractivity contribution in [1.82, 2.24) is 9.97 Å². The number of hydrogen-bond acceptors (Lipinski definition) is 4. The van der Waals surface area contributed by atoms with Gasteiger partial charge in [0.15, 0.2) is 0 Å². The van der Waals surface area contributed by atoms with Crippen LogP contribution in [0.4, 0.5) is 0 Å². The maximum atomic E-state index is 6.29. The maximum Gasteiger partial charge on any atom is 0.137 e. The Labute approximate surface area is 134 Å². The molecular weight excluding hydrogens is 320 g/mol. The van der Waals surface area contributed by atoms with Crippen LogP contribution in [0.3, 0.4) is 0 Å². The van der Waals surface area contributed by atoms with E-state index in [4.69, 9.17) is 11.6 Å². The molecule has 0 spiro atoms. The van der Waals surface area contributed by atoms with Gasteiger partial charge in [0.2, 0.25) is 0 Å². The topological polar surface area (TPSA) is 25.8 Å². The first-order valence-corrected chi connectivity index (χ1v) is 8.50. The average molecular weight is 329 g/mol. The van der Waals surface area contributed by atoms with E-state index in [1.807, 2.05) is 41.8 Å². The van der Waals surface area contributed by atoms with Crippen molar-refractivity contribution in [2.75, 3.05) is 0 Å². The van der Waals surface area contributed by atoms with E-state index in [9.17, 15) is 0 Å². The molecule has 0 aliphatic heterocycles. The molecule has 3 aromatic heterocycles. The zero-order valence-corrected chi connectivity index (χ0v) is 13.2. The Morgan fingerprint density at radius 2 is 1.81 bits per heavy atom. The molecular formula is C16H9ClN2S2. The number of halogens is 1.